The van der Waals surface area contributed by atoms with E-state index >= 15 is 0 Å². The molecule has 2 N–H and O–H groups in total. The van der Waals surface area contributed by atoms with Crippen LogP contribution in [0.15, 0.2) is 48.5 Å². The molecule has 2 aromatic carbocycles. The van der Waals surface area contributed by atoms with Crippen molar-refractivity contribution in [3.05, 3.63) is 76.0 Å². The van der Waals surface area contributed by atoms with Gasteiger partial charge >= 0.3 is 0 Å². The van der Waals surface area contributed by atoms with E-state index in [4.69, 9.17) is 4.74 Å². The zero-order chi connectivity index (χ0) is 39.4. The molecular formula is C40H49FN8O4S2. The number of aryl methyl sites for hydroxylation is 2. The molecule has 0 aliphatic rings. The molecule has 0 spiro atoms. The van der Waals surface area contributed by atoms with Gasteiger partial charge in [0.05, 0.1) is 56.5 Å². The van der Waals surface area contributed by atoms with Crippen LogP contribution in [0.3, 0.4) is 0 Å². The van der Waals surface area contributed by atoms with Crippen molar-refractivity contribution in [3.8, 4) is 17.6 Å². The molecule has 15 heteroatoms. The number of hydrogen-bond donors (Lipinski definition) is 2. The molecule has 55 heavy (non-hydrogen) atoms. The largest absolute Gasteiger partial charge is 0.543 e. The summed E-state index contributed by atoms with van der Waals surface area (Å²) in [6.07, 6.45) is 4.27. The van der Waals surface area contributed by atoms with Gasteiger partial charge in [0.2, 0.25) is 0 Å². The number of thiazole rings is 2. The normalized spacial score (nSPS) is 11.5. The number of carboxylic acid groups (broad SMARTS) is 1. The summed E-state index contributed by atoms with van der Waals surface area (Å²) in [5.41, 5.74) is 2.18. The maximum atomic E-state index is 14.7. The monoisotopic (exact) mass is 788 g/mol. The second kappa shape index (κ2) is 19.7. The number of benzene rings is 2. The maximum absolute atomic E-state index is 14.7. The van der Waals surface area contributed by atoms with Crippen LogP contribution in [-0.4, -0.2) is 108 Å². The molecule has 0 saturated heterocycles. The van der Waals surface area contributed by atoms with Gasteiger partial charge < -0.3 is 34.4 Å². The van der Waals surface area contributed by atoms with Gasteiger partial charge in [-0.25, -0.2) is 14.4 Å². The molecule has 5 aromatic rings. The van der Waals surface area contributed by atoms with Crippen molar-refractivity contribution in [2.45, 2.75) is 45.4 Å². The van der Waals surface area contributed by atoms with Gasteiger partial charge in [-0.05, 0) is 95.1 Å². The fraction of sp³-hybridized carbons (Fsp3) is 0.425. The van der Waals surface area contributed by atoms with E-state index in [1.807, 2.05) is 61.2 Å². The molecular weight excluding hydrogens is 740 g/mol. The van der Waals surface area contributed by atoms with E-state index < -0.39 is 11.8 Å². The Bertz CT molecular complexity index is 2080. The fourth-order valence-electron chi connectivity index (χ4n) is 5.85. The number of nitrogens with zero attached hydrogens (tertiary/aromatic N) is 7. The Morgan fingerprint density at radius 1 is 1.02 bits per heavy atom. The van der Waals surface area contributed by atoms with Crippen LogP contribution < -0.4 is 20.1 Å². The predicted octanol–water partition coefficient (Wildman–Crippen LogP) is 5.79. The first-order valence-corrected chi connectivity index (χ1v) is 20.0. The number of hydrogen-bond acceptors (Lipinski definition) is 13. The Morgan fingerprint density at radius 3 is 2.55 bits per heavy atom. The molecule has 0 aliphatic carbocycles. The van der Waals surface area contributed by atoms with Gasteiger partial charge in [-0.2, -0.15) is 0 Å². The summed E-state index contributed by atoms with van der Waals surface area (Å²) in [5.74, 6) is 5.29. The number of aromatic nitrogens is 4. The molecule has 3 aromatic heterocycles. The molecule has 12 nitrogen and oxygen atoms in total. The minimum absolute atomic E-state index is 0.111. The van der Waals surface area contributed by atoms with E-state index in [1.54, 1.807) is 12.1 Å². The number of unbranched alkanes of at least 4 members (excludes halogenated alkanes) is 2. The number of para-hydroxylation sites is 1. The summed E-state index contributed by atoms with van der Waals surface area (Å²) in [7, 11) is 8.17. The van der Waals surface area contributed by atoms with Crippen LogP contribution in [0.1, 0.15) is 58.6 Å². The highest BCUT2D eigenvalue weighted by Crippen LogP contribution is 2.34. The lowest BCUT2D eigenvalue weighted by molar-refractivity contribution is -0.890. The first-order valence-electron chi connectivity index (χ1n) is 18.4. The van der Waals surface area contributed by atoms with Crippen molar-refractivity contribution in [1.29, 1.82) is 0 Å². The molecule has 3 heterocycles. The first-order chi connectivity index (χ1) is 26.4. The third-order valence-electron chi connectivity index (χ3n) is 8.81. The molecule has 5 rings (SSSR count). The number of aliphatic hydroxyl groups excluding tert-OH is 1. The van der Waals surface area contributed by atoms with E-state index in [-0.39, 0.29) is 24.7 Å². The SMILES string of the molecule is Cc1cc(N(CCCCC[N+](C)(C)CCCO)c2nc(C(=O)[O-])c(CCCOc3ccc(C#CCN(C)C)cc3F)s2)nnc1Nc1nc2ccccc2s1. The lowest BCUT2D eigenvalue weighted by Gasteiger charge is -2.29. The second-order valence-electron chi connectivity index (χ2n) is 14.2. The number of halogens is 1. The second-order valence-corrected chi connectivity index (χ2v) is 16.3. The number of carboxylic acids is 1. The average molecular weight is 789 g/mol. The number of ether oxygens (including phenoxy) is 1. The number of rotatable bonds is 20. The quantitative estimate of drug-likeness (QED) is 0.0563. The van der Waals surface area contributed by atoms with Crippen LogP contribution in [0.25, 0.3) is 10.2 Å². The highest BCUT2D eigenvalue weighted by atomic mass is 32.1. The van der Waals surface area contributed by atoms with E-state index in [1.165, 1.54) is 28.7 Å². The maximum Gasteiger partial charge on any atom is 0.191 e. The van der Waals surface area contributed by atoms with Crippen molar-refractivity contribution < 1.29 is 28.6 Å². The van der Waals surface area contributed by atoms with Gasteiger partial charge in [-0.15, -0.1) is 21.5 Å². The van der Waals surface area contributed by atoms with Crippen LogP contribution >= 0.6 is 22.7 Å². The van der Waals surface area contributed by atoms with Crippen LogP contribution in [0.2, 0.25) is 0 Å². The molecule has 0 fully saturated rings. The Kier molecular flexibility index (Phi) is 14.9. The summed E-state index contributed by atoms with van der Waals surface area (Å²) in [6, 6.07) is 14.4. The molecule has 0 aliphatic heterocycles. The lowest BCUT2D eigenvalue weighted by Crippen LogP contribution is -2.41. The third kappa shape index (κ3) is 12.1. The third-order valence-corrected chi connectivity index (χ3v) is 10.9. The summed E-state index contributed by atoms with van der Waals surface area (Å²) in [4.78, 5) is 25.9. The molecule has 0 unspecified atom stereocenters. The topological polar surface area (TPSA) is 140 Å². The number of quaternary nitrogens is 1. The van der Waals surface area contributed by atoms with Gasteiger partial charge in [0.25, 0.3) is 0 Å². The van der Waals surface area contributed by atoms with E-state index in [0.717, 1.165) is 59.0 Å². The zero-order valence-corrected chi connectivity index (χ0v) is 33.7. The van der Waals surface area contributed by atoms with E-state index in [0.29, 0.717) is 58.3 Å². The van der Waals surface area contributed by atoms with Gasteiger partial charge in [0, 0.05) is 30.0 Å². The highest BCUT2D eigenvalue weighted by molar-refractivity contribution is 7.22. The van der Waals surface area contributed by atoms with Gasteiger partial charge in [0.15, 0.2) is 33.5 Å². The van der Waals surface area contributed by atoms with Gasteiger partial charge in [0.1, 0.15) is 5.69 Å². The Labute approximate surface area is 330 Å². The zero-order valence-electron chi connectivity index (χ0n) is 32.1. The summed E-state index contributed by atoms with van der Waals surface area (Å²) < 4.78 is 22.4. The van der Waals surface area contributed by atoms with Crippen molar-refractivity contribution in [2.24, 2.45) is 0 Å². The predicted molar refractivity (Wildman–Crippen MR) is 216 cm³/mol. The van der Waals surface area contributed by atoms with Crippen molar-refractivity contribution in [3.63, 3.8) is 0 Å². The summed E-state index contributed by atoms with van der Waals surface area (Å²) in [5, 5.41) is 35.1. The van der Waals surface area contributed by atoms with Crippen molar-refractivity contribution in [2.75, 3.05) is 77.8 Å². The molecule has 292 valence electrons. The number of carbonyl (C=O) groups is 1. The smallest absolute Gasteiger partial charge is 0.191 e. The molecule has 0 radical (unpaired) electrons. The molecule has 0 bridgehead atoms. The number of aliphatic hydroxyl groups is 1. The Hall–Kier alpha value is -4.72. The average Bonchev–Trinajstić information content (AvgIpc) is 3.76. The minimum Gasteiger partial charge on any atom is -0.543 e. The number of nitrogens with one attached hydrogen (secondary N) is 1. The van der Waals surface area contributed by atoms with Crippen molar-refractivity contribution in [1.82, 2.24) is 25.1 Å². The van der Waals surface area contributed by atoms with E-state index in [9.17, 15) is 19.4 Å². The van der Waals surface area contributed by atoms with Crippen LogP contribution in [-0.2, 0) is 6.42 Å². The number of aromatic carboxylic acids is 1. The molecule has 0 atom stereocenters. The minimum atomic E-state index is -1.36. The molecule has 0 saturated carbocycles. The van der Waals surface area contributed by atoms with Gasteiger partial charge in [-0.1, -0.05) is 35.3 Å². The van der Waals surface area contributed by atoms with Crippen LogP contribution in [0.4, 0.5) is 26.3 Å². The summed E-state index contributed by atoms with van der Waals surface area (Å²) >= 11 is 2.80. The molecule has 0 amide bonds. The lowest BCUT2D eigenvalue weighted by atomic mass is 10.2. The fourth-order valence-corrected chi connectivity index (χ4v) is 7.84. The highest BCUT2D eigenvalue weighted by Gasteiger charge is 2.22. The van der Waals surface area contributed by atoms with Gasteiger partial charge in [-0.3, -0.25) is 4.90 Å². The van der Waals surface area contributed by atoms with Crippen molar-refractivity contribution >= 4 is 60.8 Å². The Balaban J connectivity index is 1.29. The number of anilines is 4. The van der Waals surface area contributed by atoms with Crippen LogP contribution in [0.5, 0.6) is 5.75 Å². The first kappa shape index (κ1) is 41.4. The van der Waals surface area contributed by atoms with Crippen LogP contribution in [0, 0.1) is 24.6 Å². The number of fused-ring (bicyclic) bond motifs is 1. The number of carbonyl (C=O) groups excluding carboxylic acids is 1. The summed E-state index contributed by atoms with van der Waals surface area (Å²) in [6.45, 7) is 5.28. The Morgan fingerprint density at radius 2 is 1.82 bits per heavy atom. The standard InChI is InChI=1S/C40H49FN8O4S2/c1-28-26-35(45-46-37(28)44-39-42-31-15-7-8-16-33(31)54-39)48(21-9-6-10-22-49(4,5)23-13-24-50)40-43-36(38(51)52)34(55-40)17-12-25-53-32-19-18-29(27-30(32)41)14-11-20-47(2)3/h7-8,15-16,18-19,26-27,50H,6,9-10,12-13,17,20-25H2,1-5H3,(H-,42,44,46,51,52). The van der Waals surface area contributed by atoms with E-state index in [2.05, 4.69) is 51.4 Å².